The normalized spacial score (nSPS) is 12.3. The molecule has 94 valence electrons. The number of aromatic hydroxyl groups is 2. The molecular weight excluding hydrogens is 252 g/mol. The highest BCUT2D eigenvalue weighted by Crippen LogP contribution is 2.33. The van der Waals surface area contributed by atoms with E-state index in [2.05, 4.69) is 0 Å². The van der Waals surface area contributed by atoms with Gasteiger partial charge < -0.3 is 14.8 Å². The first kappa shape index (κ1) is 12.6. The van der Waals surface area contributed by atoms with Crippen molar-refractivity contribution in [3.05, 3.63) is 42.0 Å². The molecule has 0 amide bonds. The Morgan fingerprint density at radius 3 is 2.39 bits per heavy atom. The number of hydrogen-bond donors (Lipinski definition) is 2. The number of aryl methyl sites for hydroxylation is 1. The summed E-state index contributed by atoms with van der Waals surface area (Å²) < 4.78 is 22.3. The number of phenolic OH excluding ortho intramolecular Hbond substituents is 2. The molecule has 0 spiro atoms. The zero-order valence-corrected chi connectivity index (χ0v) is 10.4. The molecule has 0 radical (unpaired) electrons. The predicted octanol–water partition coefficient (Wildman–Crippen LogP) is 2.31. The second-order valence-corrected chi connectivity index (χ2v) is 4.85. The van der Waals surface area contributed by atoms with Crippen LogP contribution in [0.1, 0.15) is 5.56 Å². The molecule has 1 unspecified atom stereocenters. The highest BCUT2D eigenvalue weighted by molar-refractivity contribution is 7.79. The largest absolute Gasteiger partial charge is 0.768 e. The molecule has 0 fully saturated rings. The lowest BCUT2D eigenvalue weighted by Crippen LogP contribution is -1.94. The van der Waals surface area contributed by atoms with Crippen molar-refractivity contribution in [3.63, 3.8) is 0 Å². The molecule has 2 aromatic rings. The molecule has 2 N–H and O–H groups in total. The molecule has 1 atom stereocenters. The average molecular weight is 263 g/mol. The van der Waals surface area contributed by atoms with Crippen LogP contribution in [-0.2, 0) is 11.1 Å². The summed E-state index contributed by atoms with van der Waals surface area (Å²) in [7, 11) is 0. The molecule has 5 heteroatoms. The van der Waals surface area contributed by atoms with E-state index in [-0.39, 0.29) is 16.4 Å². The molecule has 0 aromatic heterocycles. The standard InChI is InChI=1S/C13H12O4S/c1-8-2-5-13(18(16)17)10(6-8)9-3-4-11(14)12(15)7-9/h2-7,14-15H,1H3,(H,16,17)/p-1. The fourth-order valence-electron chi connectivity index (χ4n) is 1.71. The zero-order valence-electron chi connectivity index (χ0n) is 9.58. The minimum Gasteiger partial charge on any atom is -0.768 e. The Morgan fingerprint density at radius 2 is 1.78 bits per heavy atom. The molecule has 0 aliphatic carbocycles. The summed E-state index contributed by atoms with van der Waals surface area (Å²) in [6, 6.07) is 9.15. The van der Waals surface area contributed by atoms with Crippen molar-refractivity contribution in [3.8, 4) is 22.6 Å². The van der Waals surface area contributed by atoms with Gasteiger partial charge in [0, 0.05) is 4.90 Å². The molecule has 4 nitrogen and oxygen atoms in total. The molecule has 0 saturated heterocycles. The van der Waals surface area contributed by atoms with E-state index < -0.39 is 11.1 Å². The number of benzene rings is 2. The van der Waals surface area contributed by atoms with Gasteiger partial charge in [-0.25, -0.2) is 0 Å². The van der Waals surface area contributed by atoms with Crippen LogP contribution in [-0.4, -0.2) is 19.0 Å². The second-order valence-electron chi connectivity index (χ2n) is 3.94. The summed E-state index contributed by atoms with van der Waals surface area (Å²) in [4.78, 5) is 0.158. The summed E-state index contributed by atoms with van der Waals surface area (Å²) >= 11 is -2.36. The van der Waals surface area contributed by atoms with Gasteiger partial charge in [0.15, 0.2) is 11.5 Å². The third-order valence-corrected chi connectivity index (χ3v) is 3.32. The smallest absolute Gasteiger partial charge is 0.158 e. The third kappa shape index (κ3) is 2.37. The number of hydrogen-bond acceptors (Lipinski definition) is 4. The second kappa shape index (κ2) is 4.80. The molecule has 18 heavy (non-hydrogen) atoms. The summed E-state index contributed by atoms with van der Waals surface area (Å²) in [6.07, 6.45) is 0. The van der Waals surface area contributed by atoms with Gasteiger partial charge in [-0.3, -0.25) is 4.21 Å². The van der Waals surface area contributed by atoms with Crippen LogP contribution < -0.4 is 0 Å². The molecule has 0 aliphatic heterocycles. The SMILES string of the molecule is Cc1ccc(S(=O)[O-])c(-c2ccc(O)c(O)c2)c1. The maximum atomic E-state index is 11.1. The first-order valence-corrected chi connectivity index (χ1v) is 6.29. The molecule has 0 bridgehead atoms. The first-order valence-electron chi connectivity index (χ1n) is 5.21. The van der Waals surface area contributed by atoms with Crippen molar-refractivity contribution in [1.82, 2.24) is 0 Å². The van der Waals surface area contributed by atoms with Crippen LogP contribution in [0.3, 0.4) is 0 Å². The summed E-state index contributed by atoms with van der Waals surface area (Å²) in [5.74, 6) is -0.521. The monoisotopic (exact) mass is 263 g/mol. The highest BCUT2D eigenvalue weighted by atomic mass is 32.2. The summed E-state index contributed by atoms with van der Waals surface area (Å²) in [5, 5.41) is 18.7. The van der Waals surface area contributed by atoms with Crippen LogP contribution in [0, 0.1) is 6.92 Å². The Hall–Kier alpha value is -1.85. The zero-order chi connectivity index (χ0) is 13.3. The van der Waals surface area contributed by atoms with Gasteiger partial charge in [0.1, 0.15) is 0 Å². The van der Waals surface area contributed by atoms with Crippen LogP contribution in [0.2, 0.25) is 0 Å². The number of rotatable bonds is 2. The Kier molecular flexibility index (Phi) is 3.36. The summed E-state index contributed by atoms with van der Waals surface area (Å²) in [5.41, 5.74) is 1.94. The van der Waals surface area contributed by atoms with Crippen LogP contribution in [0.15, 0.2) is 41.3 Å². The molecule has 0 heterocycles. The van der Waals surface area contributed by atoms with Crippen molar-refractivity contribution in [2.75, 3.05) is 0 Å². The van der Waals surface area contributed by atoms with Gasteiger partial charge in [0.25, 0.3) is 0 Å². The fraction of sp³-hybridized carbons (Fsp3) is 0.0769. The highest BCUT2D eigenvalue weighted by Gasteiger charge is 2.08. The molecule has 2 aromatic carbocycles. The van der Waals surface area contributed by atoms with Gasteiger partial charge in [0.05, 0.1) is 0 Å². The minimum atomic E-state index is -2.36. The topological polar surface area (TPSA) is 80.6 Å². The maximum absolute atomic E-state index is 11.1. The van der Waals surface area contributed by atoms with Crippen molar-refractivity contribution >= 4 is 11.1 Å². The van der Waals surface area contributed by atoms with E-state index in [4.69, 9.17) is 0 Å². The quantitative estimate of drug-likeness (QED) is 0.643. The maximum Gasteiger partial charge on any atom is 0.158 e. The third-order valence-electron chi connectivity index (χ3n) is 2.60. The average Bonchev–Trinajstić information content (AvgIpc) is 2.32. The minimum absolute atomic E-state index is 0.158. The number of phenols is 2. The van der Waals surface area contributed by atoms with Gasteiger partial charge in [-0.15, -0.1) is 0 Å². The molecule has 0 aliphatic rings. The predicted molar refractivity (Wildman–Crippen MR) is 67.1 cm³/mol. The van der Waals surface area contributed by atoms with Crippen molar-refractivity contribution < 1.29 is 19.0 Å². The van der Waals surface area contributed by atoms with Crippen LogP contribution >= 0.6 is 0 Å². The molecule has 2 rings (SSSR count). The van der Waals surface area contributed by atoms with Crippen molar-refractivity contribution in [2.24, 2.45) is 0 Å². The van der Waals surface area contributed by atoms with Gasteiger partial charge in [-0.05, 0) is 47.3 Å². The Bertz CT molecular complexity index is 622. The molecule has 0 saturated carbocycles. The van der Waals surface area contributed by atoms with E-state index in [0.29, 0.717) is 11.1 Å². The first-order chi connectivity index (χ1) is 8.49. The van der Waals surface area contributed by atoms with Crippen LogP contribution in [0.4, 0.5) is 0 Å². The van der Waals surface area contributed by atoms with E-state index in [0.717, 1.165) is 5.56 Å². The van der Waals surface area contributed by atoms with E-state index in [1.54, 1.807) is 18.2 Å². The van der Waals surface area contributed by atoms with Crippen LogP contribution in [0.5, 0.6) is 11.5 Å². The lowest BCUT2D eigenvalue weighted by atomic mass is 10.0. The lowest BCUT2D eigenvalue weighted by molar-refractivity contribution is 0.404. The fourth-order valence-corrected chi connectivity index (χ4v) is 2.24. The van der Waals surface area contributed by atoms with Gasteiger partial charge in [0.2, 0.25) is 0 Å². The van der Waals surface area contributed by atoms with Gasteiger partial charge in [-0.2, -0.15) is 0 Å². The summed E-state index contributed by atoms with van der Waals surface area (Å²) in [6.45, 7) is 1.85. The van der Waals surface area contributed by atoms with Gasteiger partial charge >= 0.3 is 0 Å². The van der Waals surface area contributed by atoms with E-state index in [1.807, 2.05) is 6.92 Å². The van der Waals surface area contributed by atoms with Crippen LogP contribution in [0.25, 0.3) is 11.1 Å². The van der Waals surface area contributed by atoms with Crippen molar-refractivity contribution in [1.29, 1.82) is 0 Å². The Balaban J connectivity index is 2.65. The molecular formula is C13H11O4S-. The Morgan fingerprint density at radius 1 is 1.06 bits per heavy atom. The van der Waals surface area contributed by atoms with Crippen molar-refractivity contribution in [2.45, 2.75) is 11.8 Å². The van der Waals surface area contributed by atoms with E-state index in [9.17, 15) is 19.0 Å². The Labute approximate surface area is 107 Å². The van der Waals surface area contributed by atoms with E-state index >= 15 is 0 Å². The van der Waals surface area contributed by atoms with Gasteiger partial charge in [-0.1, -0.05) is 23.8 Å². The lowest BCUT2D eigenvalue weighted by Gasteiger charge is -2.13. The van der Waals surface area contributed by atoms with E-state index in [1.165, 1.54) is 18.2 Å².